The smallest absolute Gasteiger partial charge is 0.410 e. The number of benzene rings is 3. The van der Waals surface area contributed by atoms with Gasteiger partial charge in [-0.1, -0.05) is 105 Å². The molecule has 1 aliphatic carbocycles. The van der Waals surface area contributed by atoms with Crippen LogP contribution in [0.3, 0.4) is 0 Å². The van der Waals surface area contributed by atoms with Crippen LogP contribution in [0.1, 0.15) is 55.4 Å². The summed E-state index contributed by atoms with van der Waals surface area (Å²) in [5, 5.41) is 0. The number of morpholine rings is 1. The molecule has 3 aromatic rings. The quantitative estimate of drug-likeness (QED) is 0.372. The molecular formula is C33H35NO3. The van der Waals surface area contributed by atoms with Crippen molar-refractivity contribution in [2.24, 2.45) is 0 Å². The number of rotatable bonds is 4. The molecule has 2 unspecified atom stereocenters. The minimum atomic E-state index is -0.231. The molecule has 0 N–H and O–H groups in total. The molecule has 190 valence electrons. The van der Waals surface area contributed by atoms with Crippen LogP contribution in [0.15, 0.2) is 84.4 Å². The molecule has 1 fully saturated rings. The maximum Gasteiger partial charge on any atom is 0.410 e. The molecule has 4 nitrogen and oxygen atoms in total. The highest BCUT2D eigenvalue weighted by Crippen LogP contribution is 2.44. The Labute approximate surface area is 219 Å². The molecule has 2 atom stereocenters. The van der Waals surface area contributed by atoms with E-state index in [1.165, 1.54) is 39.0 Å². The van der Waals surface area contributed by atoms with Gasteiger partial charge in [-0.15, -0.1) is 0 Å². The zero-order valence-electron chi connectivity index (χ0n) is 21.9. The Kier molecular flexibility index (Phi) is 6.16. The molecule has 2 bridgehead atoms. The fraction of sp³-hybridized carbons (Fsp3) is 0.364. The van der Waals surface area contributed by atoms with Crippen LogP contribution in [0.2, 0.25) is 0 Å². The first-order valence-corrected chi connectivity index (χ1v) is 13.4. The van der Waals surface area contributed by atoms with Gasteiger partial charge in [-0.3, -0.25) is 4.90 Å². The van der Waals surface area contributed by atoms with Crippen molar-refractivity contribution >= 4 is 6.09 Å². The topological polar surface area (TPSA) is 38.8 Å². The highest BCUT2D eigenvalue weighted by Gasteiger charge is 2.39. The van der Waals surface area contributed by atoms with Crippen LogP contribution in [0.5, 0.6) is 0 Å². The van der Waals surface area contributed by atoms with E-state index in [9.17, 15) is 4.79 Å². The molecule has 0 saturated carbocycles. The van der Waals surface area contributed by atoms with Crippen LogP contribution in [0.25, 0.3) is 11.1 Å². The van der Waals surface area contributed by atoms with Gasteiger partial charge in [0.1, 0.15) is 6.61 Å². The van der Waals surface area contributed by atoms with E-state index in [1.807, 2.05) is 4.90 Å². The maximum absolute atomic E-state index is 13.4. The Morgan fingerprint density at radius 1 is 0.919 bits per heavy atom. The number of carbonyl (C=O) groups excluding carboxylic acids is 1. The van der Waals surface area contributed by atoms with E-state index in [4.69, 9.17) is 9.47 Å². The number of fused-ring (bicyclic) bond motifs is 5. The van der Waals surface area contributed by atoms with Gasteiger partial charge in [0.25, 0.3) is 0 Å². The van der Waals surface area contributed by atoms with E-state index in [-0.39, 0.29) is 29.5 Å². The average molecular weight is 494 g/mol. The van der Waals surface area contributed by atoms with E-state index in [2.05, 4.69) is 99.6 Å². The number of amides is 1. The highest BCUT2D eigenvalue weighted by molar-refractivity contribution is 5.79. The molecule has 4 heteroatoms. The molecule has 1 saturated heterocycles. The largest absolute Gasteiger partial charge is 0.448 e. The van der Waals surface area contributed by atoms with Gasteiger partial charge in [0.05, 0.1) is 25.3 Å². The van der Waals surface area contributed by atoms with Crippen molar-refractivity contribution in [1.29, 1.82) is 0 Å². The van der Waals surface area contributed by atoms with Gasteiger partial charge in [0, 0.05) is 5.92 Å². The van der Waals surface area contributed by atoms with Crippen molar-refractivity contribution in [2.75, 3.05) is 19.8 Å². The first kappa shape index (κ1) is 24.0. The van der Waals surface area contributed by atoms with E-state index in [0.717, 1.165) is 12.8 Å². The monoisotopic (exact) mass is 493 g/mol. The van der Waals surface area contributed by atoms with E-state index < -0.39 is 0 Å². The molecule has 2 heterocycles. The molecule has 0 spiro atoms. The SMILES string of the molecule is CC(C)(C)c1ccc(CC2=CC3COCC(C2)N3C(=O)OCC2c3ccccc3-c3ccccc32)cc1. The summed E-state index contributed by atoms with van der Waals surface area (Å²) in [7, 11) is 0. The lowest BCUT2D eigenvalue weighted by Crippen LogP contribution is -2.56. The summed E-state index contributed by atoms with van der Waals surface area (Å²) in [6, 6.07) is 25.8. The molecule has 1 amide bonds. The number of hydrogen-bond acceptors (Lipinski definition) is 3. The van der Waals surface area contributed by atoms with Crippen molar-refractivity contribution in [3.8, 4) is 11.1 Å². The van der Waals surface area contributed by atoms with Crippen molar-refractivity contribution in [1.82, 2.24) is 4.90 Å². The molecule has 6 rings (SSSR count). The van der Waals surface area contributed by atoms with Crippen LogP contribution in [-0.4, -0.2) is 42.9 Å². The second-order valence-electron chi connectivity index (χ2n) is 11.6. The van der Waals surface area contributed by atoms with Crippen molar-refractivity contribution in [2.45, 2.75) is 57.0 Å². The molecular weight excluding hydrogens is 458 g/mol. The summed E-state index contributed by atoms with van der Waals surface area (Å²) in [4.78, 5) is 15.3. The molecule has 37 heavy (non-hydrogen) atoms. The Morgan fingerprint density at radius 3 is 2.19 bits per heavy atom. The third kappa shape index (κ3) is 4.59. The second-order valence-corrected chi connectivity index (χ2v) is 11.6. The van der Waals surface area contributed by atoms with Crippen molar-refractivity contribution < 1.29 is 14.3 Å². The summed E-state index contributed by atoms with van der Waals surface area (Å²) in [5.41, 5.74) is 9.14. The first-order valence-electron chi connectivity index (χ1n) is 13.4. The van der Waals surface area contributed by atoms with Crippen LogP contribution in [-0.2, 0) is 21.3 Å². The lowest BCUT2D eigenvalue weighted by molar-refractivity contribution is -0.0363. The number of nitrogens with zero attached hydrogens (tertiary/aromatic N) is 1. The number of carbonyl (C=O) groups is 1. The Balaban J connectivity index is 1.15. The highest BCUT2D eigenvalue weighted by atomic mass is 16.6. The number of ether oxygens (including phenoxy) is 2. The normalized spacial score (nSPS) is 20.7. The van der Waals surface area contributed by atoms with Crippen LogP contribution < -0.4 is 0 Å². The predicted octanol–water partition coefficient (Wildman–Crippen LogP) is 6.88. The Hall–Kier alpha value is -3.37. The summed E-state index contributed by atoms with van der Waals surface area (Å²) >= 11 is 0. The molecule has 2 aliphatic heterocycles. The lowest BCUT2D eigenvalue weighted by Gasteiger charge is -2.44. The fourth-order valence-corrected chi connectivity index (χ4v) is 6.15. The minimum absolute atomic E-state index is 0.0169. The zero-order chi connectivity index (χ0) is 25.6. The lowest BCUT2D eigenvalue weighted by atomic mass is 9.85. The van der Waals surface area contributed by atoms with Gasteiger partial charge < -0.3 is 9.47 Å². The Morgan fingerprint density at radius 2 is 1.57 bits per heavy atom. The van der Waals surface area contributed by atoms with Crippen molar-refractivity contribution in [3.05, 3.63) is 107 Å². The Bertz CT molecular complexity index is 1290. The zero-order valence-corrected chi connectivity index (χ0v) is 21.9. The van der Waals surface area contributed by atoms with Gasteiger partial charge in [0.2, 0.25) is 0 Å². The van der Waals surface area contributed by atoms with Crippen LogP contribution in [0.4, 0.5) is 4.79 Å². The van der Waals surface area contributed by atoms with Crippen LogP contribution in [0, 0.1) is 0 Å². The average Bonchev–Trinajstić information content (AvgIpc) is 3.20. The van der Waals surface area contributed by atoms with E-state index in [1.54, 1.807) is 0 Å². The van der Waals surface area contributed by atoms with E-state index in [0.29, 0.717) is 19.8 Å². The molecule has 0 aromatic heterocycles. The van der Waals surface area contributed by atoms with Gasteiger partial charge >= 0.3 is 6.09 Å². The van der Waals surface area contributed by atoms with Gasteiger partial charge in [0.15, 0.2) is 0 Å². The summed E-state index contributed by atoms with van der Waals surface area (Å²) in [6.45, 7) is 8.15. The number of hydrogen-bond donors (Lipinski definition) is 0. The van der Waals surface area contributed by atoms with E-state index >= 15 is 0 Å². The summed E-state index contributed by atoms with van der Waals surface area (Å²) in [5.74, 6) is 0.0689. The molecule has 3 aromatic carbocycles. The molecule has 0 radical (unpaired) electrons. The van der Waals surface area contributed by atoms with Gasteiger partial charge in [-0.05, 0) is 51.6 Å². The molecule has 3 aliphatic rings. The van der Waals surface area contributed by atoms with Crippen LogP contribution >= 0.6 is 0 Å². The second kappa shape index (κ2) is 9.50. The van der Waals surface area contributed by atoms with Crippen molar-refractivity contribution in [3.63, 3.8) is 0 Å². The van der Waals surface area contributed by atoms with Gasteiger partial charge in [-0.2, -0.15) is 0 Å². The third-order valence-electron chi connectivity index (χ3n) is 8.07. The maximum atomic E-state index is 13.4. The minimum Gasteiger partial charge on any atom is -0.448 e. The predicted molar refractivity (Wildman–Crippen MR) is 147 cm³/mol. The third-order valence-corrected chi connectivity index (χ3v) is 8.07. The fourth-order valence-electron chi connectivity index (χ4n) is 6.15. The first-order chi connectivity index (χ1) is 17.9. The standard InChI is InChI=1S/C33H35NO3/c1-33(2,3)24-14-12-22(13-15-24)16-23-17-25-19-36-20-26(18-23)34(25)32(35)37-21-31-29-10-6-4-8-27(29)28-9-5-7-11-30(28)31/h4-15,17,25-26,31H,16,18-21H2,1-3H3. The summed E-state index contributed by atoms with van der Waals surface area (Å²) in [6.07, 6.45) is 3.73. The summed E-state index contributed by atoms with van der Waals surface area (Å²) < 4.78 is 11.9. The van der Waals surface area contributed by atoms with Gasteiger partial charge in [-0.25, -0.2) is 4.79 Å².